The van der Waals surface area contributed by atoms with Crippen molar-refractivity contribution in [3.8, 4) is 0 Å². The van der Waals surface area contributed by atoms with E-state index in [1.165, 1.54) is 10.9 Å². The zero-order valence-electron chi connectivity index (χ0n) is 11.1. The lowest BCUT2D eigenvalue weighted by Crippen LogP contribution is -2.46. The fraction of sp³-hybridized carbons (Fsp3) is 0.500. The van der Waals surface area contributed by atoms with Crippen LogP contribution in [0.25, 0.3) is 10.9 Å². The lowest BCUT2D eigenvalue weighted by atomic mass is 10.1. The average molecular weight is 280 g/mol. The molecule has 0 radical (unpaired) electrons. The molecule has 5 heteroatoms. The number of aromatic nitrogens is 2. The Hall–Kier alpha value is -1.10. The number of halogens is 1. The van der Waals surface area contributed by atoms with E-state index in [4.69, 9.17) is 16.3 Å². The van der Waals surface area contributed by atoms with E-state index >= 15 is 0 Å². The summed E-state index contributed by atoms with van der Waals surface area (Å²) in [4.78, 5) is 2.37. The van der Waals surface area contributed by atoms with Gasteiger partial charge in [0.05, 0.1) is 24.4 Å². The molecule has 0 bridgehead atoms. The second-order valence-corrected chi connectivity index (χ2v) is 5.25. The van der Waals surface area contributed by atoms with Crippen molar-refractivity contribution in [2.45, 2.75) is 12.6 Å². The number of ether oxygens (including phenoxy) is 1. The van der Waals surface area contributed by atoms with Crippen LogP contribution in [0.5, 0.6) is 0 Å². The Morgan fingerprint density at radius 1 is 1.42 bits per heavy atom. The Bertz CT molecular complexity index is 569. The molecule has 19 heavy (non-hydrogen) atoms. The predicted octanol–water partition coefficient (Wildman–Crippen LogP) is 2.01. The minimum absolute atomic E-state index is 0.288. The van der Waals surface area contributed by atoms with Crippen molar-refractivity contribution >= 4 is 22.5 Å². The summed E-state index contributed by atoms with van der Waals surface area (Å²) in [6.07, 6.45) is 0. The van der Waals surface area contributed by atoms with Crippen LogP contribution in [0, 0.1) is 0 Å². The van der Waals surface area contributed by atoms with Crippen molar-refractivity contribution in [1.29, 1.82) is 0 Å². The molecule has 1 saturated heterocycles. The smallest absolute Gasteiger partial charge is 0.0843 e. The molecule has 0 saturated carbocycles. The number of para-hydroxylation sites is 1. The van der Waals surface area contributed by atoms with Crippen LogP contribution >= 0.6 is 11.6 Å². The second kappa shape index (κ2) is 5.49. The summed E-state index contributed by atoms with van der Waals surface area (Å²) in [5.74, 6) is 0.602. The zero-order chi connectivity index (χ0) is 13.2. The third-order valence-corrected chi connectivity index (χ3v) is 4.07. The molecular weight excluding hydrogens is 262 g/mol. The van der Waals surface area contributed by atoms with Gasteiger partial charge in [-0.05, 0) is 6.07 Å². The van der Waals surface area contributed by atoms with Crippen molar-refractivity contribution in [2.24, 2.45) is 7.05 Å². The van der Waals surface area contributed by atoms with Gasteiger partial charge in [0.25, 0.3) is 0 Å². The monoisotopic (exact) mass is 279 g/mol. The van der Waals surface area contributed by atoms with Crippen LogP contribution in [0.1, 0.15) is 5.69 Å². The molecule has 0 aliphatic carbocycles. The first-order valence-corrected chi connectivity index (χ1v) is 7.11. The van der Waals surface area contributed by atoms with Gasteiger partial charge in [-0.2, -0.15) is 5.10 Å². The topological polar surface area (TPSA) is 30.3 Å². The van der Waals surface area contributed by atoms with Gasteiger partial charge in [-0.25, -0.2) is 0 Å². The van der Waals surface area contributed by atoms with Crippen LogP contribution < -0.4 is 0 Å². The first kappa shape index (κ1) is 12.9. The van der Waals surface area contributed by atoms with Crippen LogP contribution in [0.3, 0.4) is 0 Å². The third-order valence-electron chi connectivity index (χ3n) is 3.71. The van der Waals surface area contributed by atoms with E-state index in [0.717, 1.165) is 25.4 Å². The van der Waals surface area contributed by atoms with Crippen molar-refractivity contribution in [3.63, 3.8) is 0 Å². The Balaban J connectivity index is 1.88. The number of rotatable bonds is 3. The van der Waals surface area contributed by atoms with Gasteiger partial charge in [0, 0.05) is 37.4 Å². The van der Waals surface area contributed by atoms with Gasteiger partial charge in [0.1, 0.15) is 0 Å². The highest BCUT2D eigenvalue weighted by Gasteiger charge is 2.23. The zero-order valence-corrected chi connectivity index (χ0v) is 11.8. The van der Waals surface area contributed by atoms with Gasteiger partial charge in [0.2, 0.25) is 0 Å². The highest BCUT2D eigenvalue weighted by Crippen LogP contribution is 2.21. The maximum absolute atomic E-state index is 6.02. The summed E-state index contributed by atoms with van der Waals surface area (Å²) in [6.45, 7) is 3.25. The minimum atomic E-state index is 0.288. The van der Waals surface area contributed by atoms with Crippen LogP contribution in [-0.2, 0) is 18.3 Å². The molecule has 1 aromatic carbocycles. The molecule has 2 heterocycles. The molecule has 0 amide bonds. The van der Waals surface area contributed by atoms with Crippen LogP contribution in [0.2, 0.25) is 0 Å². The van der Waals surface area contributed by atoms with E-state index < -0.39 is 0 Å². The third kappa shape index (κ3) is 2.48. The molecule has 1 unspecified atom stereocenters. The number of aryl methyl sites for hydroxylation is 1. The molecule has 1 aliphatic rings. The molecule has 102 valence electrons. The van der Waals surface area contributed by atoms with Crippen molar-refractivity contribution in [2.75, 3.05) is 25.6 Å². The molecule has 0 N–H and O–H groups in total. The summed E-state index contributed by atoms with van der Waals surface area (Å²) in [5.41, 5.74) is 2.29. The fourth-order valence-corrected chi connectivity index (χ4v) is 2.92. The molecule has 1 atom stereocenters. The number of hydrogen-bond donors (Lipinski definition) is 0. The summed E-state index contributed by atoms with van der Waals surface area (Å²) < 4.78 is 7.43. The highest BCUT2D eigenvalue weighted by atomic mass is 35.5. The maximum Gasteiger partial charge on any atom is 0.0843 e. The Morgan fingerprint density at radius 3 is 3.11 bits per heavy atom. The molecule has 1 aromatic heterocycles. The van der Waals surface area contributed by atoms with E-state index in [1.807, 2.05) is 17.8 Å². The van der Waals surface area contributed by atoms with E-state index in [2.05, 4.69) is 28.2 Å². The largest absolute Gasteiger partial charge is 0.378 e. The summed E-state index contributed by atoms with van der Waals surface area (Å²) in [5, 5.41) is 5.87. The minimum Gasteiger partial charge on any atom is -0.378 e. The fourth-order valence-electron chi connectivity index (χ4n) is 2.64. The molecule has 1 fully saturated rings. The highest BCUT2D eigenvalue weighted by molar-refractivity contribution is 6.18. The Kier molecular flexibility index (Phi) is 3.73. The molecule has 2 aromatic rings. The van der Waals surface area contributed by atoms with Crippen LogP contribution in [-0.4, -0.2) is 46.4 Å². The first-order valence-electron chi connectivity index (χ1n) is 6.58. The van der Waals surface area contributed by atoms with Gasteiger partial charge in [-0.15, -0.1) is 11.6 Å². The molecular formula is C14H18ClN3O. The van der Waals surface area contributed by atoms with Crippen LogP contribution in [0.4, 0.5) is 0 Å². The SMILES string of the molecule is Cn1nc(CN2CCOCC2CCl)c2ccccc21. The average Bonchev–Trinajstić information content (AvgIpc) is 2.77. The lowest BCUT2D eigenvalue weighted by Gasteiger charge is -2.33. The van der Waals surface area contributed by atoms with E-state index in [1.54, 1.807) is 0 Å². The first-order chi connectivity index (χ1) is 9.29. The molecule has 4 nitrogen and oxygen atoms in total. The number of morpholine rings is 1. The summed E-state index contributed by atoms with van der Waals surface area (Å²) >= 11 is 6.02. The van der Waals surface area contributed by atoms with Gasteiger partial charge >= 0.3 is 0 Å². The number of hydrogen-bond acceptors (Lipinski definition) is 3. The van der Waals surface area contributed by atoms with E-state index in [9.17, 15) is 0 Å². The number of nitrogens with zero attached hydrogens (tertiary/aromatic N) is 3. The van der Waals surface area contributed by atoms with Crippen molar-refractivity contribution in [1.82, 2.24) is 14.7 Å². The molecule has 3 rings (SSSR count). The quantitative estimate of drug-likeness (QED) is 0.805. The Labute approximate surface area is 117 Å². The van der Waals surface area contributed by atoms with Crippen molar-refractivity contribution in [3.05, 3.63) is 30.0 Å². The maximum atomic E-state index is 6.02. The number of alkyl halides is 1. The number of benzene rings is 1. The van der Waals surface area contributed by atoms with Gasteiger partial charge in [0.15, 0.2) is 0 Å². The number of fused-ring (bicyclic) bond motifs is 1. The van der Waals surface area contributed by atoms with E-state index in [-0.39, 0.29) is 6.04 Å². The standard InChI is InChI=1S/C14H18ClN3O/c1-17-14-5-3-2-4-12(14)13(16-17)9-18-6-7-19-10-11(18)8-15/h2-5,11H,6-10H2,1H3. The molecule has 0 spiro atoms. The molecule has 1 aliphatic heterocycles. The summed E-state index contributed by atoms with van der Waals surface area (Å²) in [7, 11) is 1.99. The second-order valence-electron chi connectivity index (χ2n) is 4.94. The normalized spacial score (nSPS) is 21.1. The predicted molar refractivity (Wildman–Crippen MR) is 76.5 cm³/mol. The van der Waals surface area contributed by atoms with Gasteiger partial charge in [-0.3, -0.25) is 9.58 Å². The lowest BCUT2D eigenvalue weighted by molar-refractivity contribution is -0.00346. The van der Waals surface area contributed by atoms with Gasteiger partial charge in [-0.1, -0.05) is 18.2 Å². The van der Waals surface area contributed by atoms with Gasteiger partial charge < -0.3 is 4.74 Å². The summed E-state index contributed by atoms with van der Waals surface area (Å²) in [6, 6.07) is 8.63. The van der Waals surface area contributed by atoms with Crippen molar-refractivity contribution < 1.29 is 4.74 Å². The Morgan fingerprint density at radius 2 is 2.26 bits per heavy atom. The van der Waals surface area contributed by atoms with Crippen LogP contribution in [0.15, 0.2) is 24.3 Å². The van der Waals surface area contributed by atoms with E-state index in [0.29, 0.717) is 12.5 Å².